The van der Waals surface area contributed by atoms with Crippen molar-refractivity contribution in [1.82, 2.24) is 9.97 Å². The Morgan fingerprint density at radius 1 is 1.26 bits per heavy atom. The molecule has 3 rings (SSSR count). The first-order valence-corrected chi connectivity index (χ1v) is 5.98. The summed E-state index contributed by atoms with van der Waals surface area (Å²) in [4.78, 5) is 8.35. The first-order chi connectivity index (χ1) is 9.35. The van der Waals surface area contributed by atoms with E-state index < -0.39 is 0 Å². The molecule has 1 N–H and O–H groups in total. The number of nitrogens with zero attached hydrogens (tertiary/aromatic N) is 2. The molecule has 1 aromatic heterocycles. The van der Waals surface area contributed by atoms with E-state index in [0.29, 0.717) is 23.2 Å². The summed E-state index contributed by atoms with van der Waals surface area (Å²) in [6.45, 7) is 3.02. The normalized spacial score (nSPS) is 12.3. The number of hydrogen-bond acceptors (Lipinski definition) is 6. The van der Waals surface area contributed by atoms with E-state index in [0.717, 1.165) is 12.3 Å². The van der Waals surface area contributed by atoms with Crippen LogP contribution < -0.4 is 19.5 Å². The van der Waals surface area contributed by atoms with Gasteiger partial charge in [-0.2, -0.15) is 4.98 Å². The van der Waals surface area contributed by atoms with E-state index in [1.807, 2.05) is 6.92 Å². The molecule has 1 aromatic carbocycles. The van der Waals surface area contributed by atoms with Gasteiger partial charge in [-0.1, -0.05) is 0 Å². The lowest BCUT2D eigenvalue weighted by atomic mass is 10.3. The monoisotopic (exact) mass is 259 g/mol. The minimum Gasteiger partial charge on any atom is -0.454 e. The molecule has 0 unspecified atom stereocenters. The predicted octanol–water partition coefficient (Wildman–Crippen LogP) is 2.43. The van der Waals surface area contributed by atoms with Crippen molar-refractivity contribution in [3.8, 4) is 23.1 Å². The van der Waals surface area contributed by atoms with Crippen molar-refractivity contribution in [1.29, 1.82) is 0 Å². The van der Waals surface area contributed by atoms with Crippen LogP contribution in [0.3, 0.4) is 0 Å². The quantitative estimate of drug-likeness (QED) is 0.909. The van der Waals surface area contributed by atoms with Crippen LogP contribution in [0.5, 0.6) is 23.1 Å². The van der Waals surface area contributed by atoms with Crippen LogP contribution in [-0.2, 0) is 0 Å². The highest BCUT2D eigenvalue weighted by molar-refractivity contribution is 5.47. The van der Waals surface area contributed by atoms with Gasteiger partial charge in [0.1, 0.15) is 11.6 Å². The Bertz CT molecular complexity index is 589. The van der Waals surface area contributed by atoms with Gasteiger partial charge in [0.15, 0.2) is 11.5 Å². The highest BCUT2D eigenvalue weighted by atomic mass is 16.7. The third-order valence-electron chi connectivity index (χ3n) is 2.54. The third-order valence-corrected chi connectivity index (χ3v) is 2.54. The lowest BCUT2D eigenvalue weighted by molar-refractivity contribution is 0.174. The fourth-order valence-electron chi connectivity index (χ4n) is 1.72. The van der Waals surface area contributed by atoms with Crippen molar-refractivity contribution >= 4 is 5.82 Å². The Morgan fingerprint density at radius 2 is 2.16 bits per heavy atom. The molecule has 1 aliphatic rings. The average molecular weight is 259 g/mol. The zero-order valence-electron chi connectivity index (χ0n) is 10.4. The number of ether oxygens (including phenoxy) is 3. The van der Waals surface area contributed by atoms with E-state index >= 15 is 0 Å². The number of aromatic nitrogens is 2. The third kappa shape index (κ3) is 2.52. The minimum atomic E-state index is 0.245. The Hall–Kier alpha value is -2.50. The summed E-state index contributed by atoms with van der Waals surface area (Å²) >= 11 is 0. The highest BCUT2D eigenvalue weighted by Crippen LogP contribution is 2.36. The lowest BCUT2D eigenvalue weighted by Crippen LogP contribution is -2.00. The number of fused-ring (bicyclic) bond motifs is 1. The van der Waals surface area contributed by atoms with E-state index in [1.165, 1.54) is 0 Å². The van der Waals surface area contributed by atoms with Crippen molar-refractivity contribution in [2.45, 2.75) is 6.92 Å². The summed E-state index contributed by atoms with van der Waals surface area (Å²) in [5.74, 6) is 3.14. The molecular formula is C13H13N3O3. The maximum atomic E-state index is 5.64. The highest BCUT2D eigenvalue weighted by Gasteiger charge is 2.14. The largest absolute Gasteiger partial charge is 0.454 e. The van der Waals surface area contributed by atoms with Crippen LogP contribution in [0.25, 0.3) is 0 Å². The maximum Gasteiger partial charge on any atom is 0.239 e. The molecule has 2 aromatic rings. The second-order valence-corrected chi connectivity index (χ2v) is 3.89. The molecular weight excluding hydrogens is 246 g/mol. The van der Waals surface area contributed by atoms with Gasteiger partial charge in [0.05, 0.1) is 12.4 Å². The van der Waals surface area contributed by atoms with E-state index in [2.05, 4.69) is 15.3 Å². The molecule has 0 radical (unpaired) electrons. The Kier molecular flexibility index (Phi) is 3.06. The Balaban J connectivity index is 1.79. The molecule has 0 aliphatic carbocycles. The van der Waals surface area contributed by atoms with Gasteiger partial charge < -0.3 is 19.5 Å². The van der Waals surface area contributed by atoms with Gasteiger partial charge in [0.25, 0.3) is 0 Å². The zero-order valence-corrected chi connectivity index (χ0v) is 10.4. The molecule has 0 bridgehead atoms. The molecule has 2 heterocycles. The average Bonchev–Trinajstić information content (AvgIpc) is 2.87. The van der Waals surface area contributed by atoms with E-state index in [1.54, 1.807) is 30.6 Å². The minimum absolute atomic E-state index is 0.245. The van der Waals surface area contributed by atoms with Crippen LogP contribution in [0.1, 0.15) is 6.92 Å². The van der Waals surface area contributed by atoms with Gasteiger partial charge in [-0.05, 0) is 19.1 Å². The molecule has 0 fully saturated rings. The molecule has 0 saturated heterocycles. The summed E-state index contributed by atoms with van der Waals surface area (Å²) in [6, 6.07) is 5.37. The molecule has 0 saturated carbocycles. The molecule has 0 amide bonds. The first-order valence-electron chi connectivity index (χ1n) is 5.98. The van der Waals surface area contributed by atoms with Crippen molar-refractivity contribution in [2.24, 2.45) is 0 Å². The topological polar surface area (TPSA) is 65.5 Å². The molecule has 98 valence electrons. The van der Waals surface area contributed by atoms with Crippen LogP contribution in [0, 0.1) is 0 Å². The lowest BCUT2D eigenvalue weighted by Gasteiger charge is -2.07. The Labute approximate surface area is 110 Å². The van der Waals surface area contributed by atoms with Crippen LogP contribution in [0.4, 0.5) is 5.82 Å². The fourth-order valence-corrected chi connectivity index (χ4v) is 1.72. The van der Waals surface area contributed by atoms with Crippen LogP contribution in [0.15, 0.2) is 30.6 Å². The van der Waals surface area contributed by atoms with Crippen molar-refractivity contribution < 1.29 is 14.2 Å². The summed E-state index contributed by atoms with van der Waals surface area (Å²) in [5.41, 5.74) is 0. The predicted molar refractivity (Wildman–Crippen MR) is 68.8 cm³/mol. The summed E-state index contributed by atoms with van der Waals surface area (Å²) in [5, 5.41) is 3.08. The van der Waals surface area contributed by atoms with E-state index in [4.69, 9.17) is 14.2 Å². The molecule has 0 spiro atoms. The second kappa shape index (κ2) is 5.01. The number of benzene rings is 1. The first kappa shape index (κ1) is 11.6. The van der Waals surface area contributed by atoms with Gasteiger partial charge in [0, 0.05) is 12.6 Å². The molecule has 1 aliphatic heterocycles. The van der Waals surface area contributed by atoms with Crippen molar-refractivity contribution in [3.05, 3.63) is 30.6 Å². The maximum absolute atomic E-state index is 5.64. The molecule has 0 atom stereocenters. The number of anilines is 1. The SMILES string of the molecule is CCNc1cncc(Oc2ccc3c(c2)OCO3)n1. The summed E-state index contributed by atoms with van der Waals surface area (Å²) in [7, 11) is 0. The smallest absolute Gasteiger partial charge is 0.239 e. The van der Waals surface area contributed by atoms with Gasteiger partial charge in [-0.15, -0.1) is 0 Å². The summed E-state index contributed by atoms with van der Waals surface area (Å²) < 4.78 is 16.2. The van der Waals surface area contributed by atoms with E-state index in [-0.39, 0.29) is 6.79 Å². The molecule has 19 heavy (non-hydrogen) atoms. The standard InChI is InChI=1S/C13H13N3O3/c1-2-15-12-6-14-7-13(16-12)19-9-3-4-10-11(5-9)18-8-17-10/h3-7H,2,8H2,1H3,(H,15,16). The Morgan fingerprint density at radius 3 is 3.05 bits per heavy atom. The second-order valence-electron chi connectivity index (χ2n) is 3.89. The molecule has 6 nitrogen and oxygen atoms in total. The summed E-state index contributed by atoms with van der Waals surface area (Å²) in [6.07, 6.45) is 3.21. The number of nitrogens with one attached hydrogen (secondary N) is 1. The fraction of sp³-hybridized carbons (Fsp3) is 0.231. The van der Waals surface area contributed by atoms with Crippen LogP contribution in [0.2, 0.25) is 0 Å². The molecule has 6 heteroatoms. The van der Waals surface area contributed by atoms with Crippen LogP contribution >= 0.6 is 0 Å². The van der Waals surface area contributed by atoms with Crippen molar-refractivity contribution in [2.75, 3.05) is 18.7 Å². The van der Waals surface area contributed by atoms with Gasteiger partial charge >= 0.3 is 0 Å². The zero-order chi connectivity index (χ0) is 13.1. The van der Waals surface area contributed by atoms with Gasteiger partial charge in [-0.25, -0.2) is 0 Å². The van der Waals surface area contributed by atoms with E-state index in [9.17, 15) is 0 Å². The van der Waals surface area contributed by atoms with Gasteiger partial charge in [0.2, 0.25) is 12.7 Å². The van der Waals surface area contributed by atoms with Gasteiger partial charge in [-0.3, -0.25) is 4.98 Å². The van der Waals surface area contributed by atoms with Crippen molar-refractivity contribution in [3.63, 3.8) is 0 Å². The number of rotatable bonds is 4. The number of hydrogen-bond donors (Lipinski definition) is 1. The van der Waals surface area contributed by atoms with Crippen LogP contribution in [-0.4, -0.2) is 23.3 Å².